The molecule has 0 heterocycles. The van der Waals surface area contributed by atoms with Crippen LogP contribution in [0.4, 0.5) is 0 Å². The topological polar surface area (TPSA) is 20.2 Å². The second kappa shape index (κ2) is 4.91. The van der Waals surface area contributed by atoms with Crippen molar-refractivity contribution in [2.45, 2.75) is 19.3 Å². The lowest BCUT2D eigenvalue weighted by molar-refractivity contribution is 0.284. The van der Waals surface area contributed by atoms with Crippen LogP contribution in [-0.2, 0) is 6.42 Å². The van der Waals surface area contributed by atoms with Gasteiger partial charge >= 0.3 is 0 Å². The predicted octanol–water partition coefficient (Wildman–Crippen LogP) is 2.00. The molecule has 0 fully saturated rings. The summed E-state index contributed by atoms with van der Waals surface area (Å²) in [6, 6.07) is 9.89. The second-order valence-corrected chi connectivity index (χ2v) is 2.50. The van der Waals surface area contributed by atoms with E-state index in [1.807, 2.05) is 30.3 Å². The number of benzene rings is 1. The molecule has 0 unspecified atom stereocenters. The van der Waals surface area contributed by atoms with E-state index in [1.54, 1.807) is 0 Å². The minimum Gasteiger partial charge on any atom is -0.396 e. The number of hydrogen-bond donors (Lipinski definition) is 1. The van der Waals surface area contributed by atoms with Gasteiger partial charge in [0, 0.05) is 6.56 Å². The maximum absolute atomic E-state index is 8.83. The molecule has 0 saturated heterocycles. The van der Waals surface area contributed by atoms with Gasteiger partial charge in [-0.05, 0) is 24.8 Å². The number of aliphatic hydroxyl groups is 1. The molecule has 1 aromatic carbocycles. The normalized spacial score (nSPS) is 13.9. The molecule has 1 N–H and O–H groups in total. The summed E-state index contributed by atoms with van der Waals surface area (Å²) < 4.78 is 13.8. The Morgan fingerprint density at radius 3 is 2.55 bits per heavy atom. The van der Waals surface area contributed by atoms with Crippen molar-refractivity contribution in [1.82, 2.24) is 0 Å². The standard InChI is InChI=1S/C10H14O/c11-9-5-4-8-10-6-2-1-3-7-10/h1-3,6-7,11H,4-5,8-9H2/i9D2. The molecule has 0 radical (unpaired) electrons. The average molecular weight is 152 g/mol. The molecule has 1 aromatic rings. The molecule has 0 aliphatic carbocycles. The summed E-state index contributed by atoms with van der Waals surface area (Å²) >= 11 is 0. The minimum absolute atomic E-state index is 0.196. The maximum Gasteiger partial charge on any atom is 0.0564 e. The first kappa shape index (κ1) is 5.78. The van der Waals surface area contributed by atoms with Gasteiger partial charge in [0.15, 0.2) is 0 Å². The van der Waals surface area contributed by atoms with E-state index in [-0.39, 0.29) is 6.42 Å². The molecule has 11 heavy (non-hydrogen) atoms. The van der Waals surface area contributed by atoms with Crippen LogP contribution in [0, 0.1) is 0 Å². The average Bonchev–Trinajstić information content (AvgIpc) is 2.04. The van der Waals surface area contributed by atoms with E-state index in [0.29, 0.717) is 6.42 Å². The van der Waals surface area contributed by atoms with Crippen molar-refractivity contribution in [3.8, 4) is 0 Å². The lowest BCUT2D eigenvalue weighted by atomic mass is 10.1. The molecule has 0 saturated carbocycles. The molecule has 0 aromatic heterocycles. The zero-order chi connectivity index (χ0) is 9.73. The summed E-state index contributed by atoms with van der Waals surface area (Å²) in [5.74, 6) is 0. The molecule has 60 valence electrons. The molecule has 1 nitrogen and oxygen atoms in total. The van der Waals surface area contributed by atoms with Crippen LogP contribution in [0.1, 0.15) is 21.1 Å². The Morgan fingerprint density at radius 1 is 1.18 bits per heavy atom. The molecule has 1 rings (SSSR count). The molecule has 0 spiro atoms. The van der Waals surface area contributed by atoms with Crippen molar-refractivity contribution in [3.05, 3.63) is 35.9 Å². The van der Waals surface area contributed by atoms with Gasteiger partial charge in [0.1, 0.15) is 0 Å². The zero-order valence-electron chi connectivity index (χ0n) is 8.46. The van der Waals surface area contributed by atoms with E-state index < -0.39 is 6.56 Å². The Hall–Kier alpha value is -0.820. The molecule has 0 aliphatic heterocycles. The highest BCUT2D eigenvalue weighted by molar-refractivity contribution is 5.14. The molecule has 0 aliphatic rings. The largest absolute Gasteiger partial charge is 0.396 e. The van der Waals surface area contributed by atoms with Gasteiger partial charge in [0.25, 0.3) is 0 Å². The van der Waals surface area contributed by atoms with Crippen molar-refractivity contribution in [3.63, 3.8) is 0 Å². The Morgan fingerprint density at radius 2 is 1.91 bits per heavy atom. The highest BCUT2D eigenvalue weighted by Crippen LogP contribution is 2.03. The summed E-state index contributed by atoms with van der Waals surface area (Å²) in [4.78, 5) is 0. The quantitative estimate of drug-likeness (QED) is 0.699. The van der Waals surface area contributed by atoms with E-state index in [0.717, 1.165) is 6.42 Å². The van der Waals surface area contributed by atoms with Gasteiger partial charge in [-0.15, -0.1) is 0 Å². The van der Waals surface area contributed by atoms with Gasteiger partial charge < -0.3 is 5.11 Å². The third kappa shape index (κ3) is 3.19. The first-order valence-electron chi connectivity index (χ1n) is 4.84. The lowest BCUT2D eigenvalue weighted by Crippen LogP contribution is -1.87. The zero-order valence-corrected chi connectivity index (χ0v) is 6.46. The van der Waals surface area contributed by atoms with E-state index >= 15 is 0 Å². The van der Waals surface area contributed by atoms with Crippen LogP contribution in [0.25, 0.3) is 0 Å². The van der Waals surface area contributed by atoms with Crippen LogP contribution >= 0.6 is 0 Å². The molecule has 0 atom stereocenters. The molecule has 1 heteroatoms. The van der Waals surface area contributed by atoms with Gasteiger partial charge in [0.2, 0.25) is 0 Å². The summed E-state index contributed by atoms with van der Waals surface area (Å²) in [6.07, 6.45) is 1.69. The number of aryl methyl sites for hydroxylation is 1. The summed E-state index contributed by atoms with van der Waals surface area (Å²) in [6.45, 7) is -2.02. The Balaban J connectivity index is 2.29. The molecule has 0 amide bonds. The van der Waals surface area contributed by atoms with E-state index in [2.05, 4.69) is 0 Å². The van der Waals surface area contributed by atoms with Gasteiger partial charge in [-0.25, -0.2) is 0 Å². The Bertz CT molecular complexity index is 241. The summed E-state index contributed by atoms with van der Waals surface area (Å²) in [5, 5.41) is 8.83. The fourth-order valence-electron chi connectivity index (χ4n) is 1.02. The van der Waals surface area contributed by atoms with Crippen molar-refractivity contribution in [2.24, 2.45) is 0 Å². The lowest BCUT2D eigenvalue weighted by Gasteiger charge is -1.97. The fraction of sp³-hybridized carbons (Fsp3) is 0.400. The number of hydrogen-bond acceptors (Lipinski definition) is 1. The van der Waals surface area contributed by atoms with Gasteiger partial charge in [-0.1, -0.05) is 30.3 Å². The van der Waals surface area contributed by atoms with Crippen LogP contribution in [0.2, 0.25) is 0 Å². The molecular formula is C10H14O. The van der Waals surface area contributed by atoms with Crippen molar-refractivity contribution >= 4 is 0 Å². The van der Waals surface area contributed by atoms with Crippen molar-refractivity contribution < 1.29 is 7.85 Å². The van der Waals surface area contributed by atoms with E-state index in [4.69, 9.17) is 7.85 Å². The smallest absolute Gasteiger partial charge is 0.0564 e. The highest BCUT2D eigenvalue weighted by atomic mass is 16.2. The maximum atomic E-state index is 8.83. The van der Waals surface area contributed by atoms with Crippen LogP contribution in [0.3, 0.4) is 0 Å². The first-order valence-corrected chi connectivity index (χ1v) is 3.84. The van der Waals surface area contributed by atoms with Gasteiger partial charge in [0.05, 0.1) is 2.74 Å². The third-order valence-corrected chi connectivity index (χ3v) is 1.60. The SMILES string of the molecule is [2H]C([2H])(O)CCCc1ccccc1. The van der Waals surface area contributed by atoms with Gasteiger partial charge in [-0.3, -0.25) is 0 Å². The van der Waals surface area contributed by atoms with Crippen molar-refractivity contribution in [2.75, 3.05) is 6.56 Å². The monoisotopic (exact) mass is 152 g/mol. The minimum atomic E-state index is -2.02. The Labute approximate surface area is 70.5 Å². The van der Waals surface area contributed by atoms with Crippen molar-refractivity contribution in [1.29, 1.82) is 0 Å². The summed E-state index contributed by atoms with van der Waals surface area (Å²) in [5.41, 5.74) is 1.19. The third-order valence-electron chi connectivity index (χ3n) is 1.60. The van der Waals surface area contributed by atoms with E-state index in [1.165, 1.54) is 5.56 Å². The highest BCUT2D eigenvalue weighted by Gasteiger charge is 1.89. The molecule has 0 bridgehead atoms. The predicted molar refractivity (Wildman–Crippen MR) is 46.5 cm³/mol. The summed E-state index contributed by atoms with van der Waals surface area (Å²) in [7, 11) is 0. The van der Waals surface area contributed by atoms with Crippen LogP contribution in [0.5, 0.6) is 0 Å². The van der Waals surface area contributed by atoms with Gasteiger partial charge in [-0.2, -0.15) is 0 Å². The first-order chi connectivity index (χ1) is 6.08. The van der Waals surface area contributed by atoms with Crippen LogP contribution < -0.4 is 0 Å². The second-order valence-electron chi connectivity index (χ2n) is 2.50. The van der Waals surface area contributed by atoms with Crippen LogP contribution in [-0.4, -0.2) is 11.7 Å². The van der Waals surface area contributed by atoms with Crippen LogP contribution in [0.15, 0.2) is 30.3 Å². The molecular weight excluding hydrogens is 136 g/mol. The Kier molecular flexibility index (Phi) is 2.58. The fourth-order valence-corrected chi connectivity index (χ4v) is 1.02. The number of rotatable bonds is 4. The van der Waals surface area contributed by atoms with E-state index in [9.17, 15) is 0 Å².